The first kappa shape index (κ1) is 59.4. The number of amidine groups is 1. The number of pyridine rings is 2. The minimum atomic E-state index is -0.349. The quantitative estimate of drug-likeness (QED) is 0.0330. The van der Waals surface area contributed by atoms with E-state index in [1.165, 1.54) is 53.2 Å². The summed E-state index contributed by atoms with van der Waals surface area (Å²) >= 11 is 0. The molecule has 83 heavy (non-hydrogen) atoms. The predicted octanol–water partition coefficient (Wildman–Crippen LogP) is 9.57. The number of nitrogens with zero attached hydrogens (tertiary/aromatic N) is 9. The number of nitrogens with one attached hydrogen (secondary N) is 4. The Labute approximate surface area is 486 Å². The molecule has 0 saturated carbocycles. The van der Waals surface area contributed by atoms with Crippen LogP contribution in [0.4, 0.5) is 40.1 Å². The fourth-order valence-corrected chi connectivity index (χ4v) is 10.9. The van der Waals surface area contributed by atoms with Gasteiger partial charge < -0.3 is 31.1 Å². The van der Waals surface area contributed by atoms with Crippen molar-refractivity contribution in [2.24, 2.45) is 4.99 Å². The number of carbonyl (C=O) groups is 6. The largest absolute Gasteiger partial charge is 0.319 e. The van der Waals surface area contributed by atoms with Crippen LogP contribution in [0.2, 0.25) is 0 Å². The number of benzene rings is 3. The molecule has 0 radical (unpaired) electrons. The van der Waals surface area contributed by atoms with Gasteiger partial charge in [0.25, 0.3) is 17.7 Å². The normalized spacial score (nSPS) is 14.2. The van der Waals surface area contributed by atoms with E-state index in [1.807, 2.05) is 11.0 Å². The number of aromatic nitrogens is 2. The summed E-state index contributed by atoms with van der Waals surface area (Å²) in [4.78, 5) is 107. The minimum absolute atomic E-state index is 0.127. The summed E-state index contributed by atoms with van der Waals surface area (Å²) in [5, 5.41) is 12.0. The standard InChI is InChI=1S/C64H77N13O6/c1-72(40-20-8-5-17-35-65-44-56(78)75-43-25-32-53-61(75)68-50-29-14-11-26-47(50)62(81)71-53)38-18-6-3-4-7-19-39-73(2)41-21-9-10-22-42-74(45-57(79)76-54-33-15-12-27-48(54)63(82)69-51-30-23-36-66-59(51)76)46-58(80)77-55-34-16-13-28-49(55)64(83)70-52-31-24-37-67-60(52)77/h11-16,23-34,36-37,43,65H,3-10,17-22,35,38-42,44-46H2,1-2H3,(H,69,82)(H,70,83)(H,71,81). The van der Waals surface area contributed by atoms with Crippen molar-refractivity contribution in [3.8, 4) is 0 Å². The fourth-order valence-electron chi connectivity index (χ4n) is 10.9. The van der Waals surface area contributed by atoms with Crippen molar-refractivity contribution in [3.63, 3.8) is 0 Å². The van der Waals surface area contributed by atoms with Gasteiger partial charge in [0.15, 0.2) is 17.5 Å². The second-order valence-corrected chi connectivity index (χ2v) is 21.7. The van der Waals surface area contributed by atoms with Gasteiger partial charge in [0.1, 0.15) is 0 Å². The van der Waals surface area contributed by atoms with Gasteiger partial charge >= 0.3 is 0 Å². The van der Waals surface area contributed by atoms with Gasteiger partial charge in [-0.05, 0) is 165 Å². The number of para-hydroxylation sites is 3. The van der Waals surface area contributed by atoms with Crippen molar-refractivity contribution in [3.05, 3.63) is 150 Å². The number of carbonyl (C=O) groups excluding carboxylic acids is 6. The summed E-state index contributed by atoms with van der Waals surface area (Å²) in [6.45, 7) is 5.39. The molecule has 19 nitrogen and oxygen atoms in total. The van der Waals surface area contributed by atoms with E-state index in [4.69, 9.17) is 0 Å². The number of aliphatic imine (C=N–C) groups is 1. The Morgan fingerprint density at radius 1 is 0.506 bits per heavy atom. The van der Waals surface area contributed by atoms with Gasteiger partial charge in [-0.25, -0.2) is 15.0 Å². The Bertz CT molecular complexity index is 3090. The second kappa shape index (κ2) is 29.7. The lowest BCUT2D eigenvalue weighted by Crippen LogP contribution is -2.44. The third-order valence-electron chi connectivity index (χ3n) is 15.4. The molecular weight excluding hydrogens is 1050 g/mol. The van der Waals surface area contributed by atoms with Gasteiger partial charge in [0.2, 0.25) is 17.7 Å². The van der Waals surface area contributed by atoms with Crippen LogP contribution in [0.15, 0.2) is 138 Å². The number of rotatable bonds is 29. The average Bonchev–Trinajstić information content (AvgIpc) is 2.98. The Kier molecular flexibility index (Phi) is 21.2. The van der Waals surface area contributed by atoms with Crippen molar-refractivity contribution in [2.45, 2.75) is 89.9 Å². The summed E-state index contributed by atoms with van der Waals surface area (Å²) in [5.41, 5.74) is 3.82. The highest BCUT2D eigenvalue weighted by atomic mass is 16.2. The number of hydrogen-bond donors (Lipinski definition) is 4. The lowest BCUT2D eigenvalue weighted by molar-refractivity contribution is -0.125. The number of allylic oxidation sites excluding steroid dienone is 2. The zero-order chi connectivity index (χ0) is 57.9. The molecule has 0 bridgehead atoms. The molecule has 6 heterocycles. The van der Waals surface area contributed by atoms with E-state index in [0.717, 1.165) is 84.1 Å². The first-order valence-corrected chi connectivity index (χ1v) is 29.4. The van der Waals surface area contributed by atoms with E-state index >= 15 is 0 Å². The van der Waals surface area contributed by atoms with E-state index in [0.29, 0.717) is 74.8 Å². The summed E-state index contributed by atoms with van der Waals surface area (Å²) in [6, 6.07) is 27.9. The molecule has 0 aliphatic carbocycles. The van der Waals surface area contributed by atoms with E-state index in [2.05, 4.69) is 60.1 Å². The zero-order valence-electron chi connectivity index (χ0n) is 47.9. The maximum Gasteiger partial charge on any atom is 0.257 e. The van der Waals surface area contributed by atoms with E-state index < -0.39 is 0 Å². The van der Waals surface area contributed by atoms with Gasteiger partial charge in [-0.15, -0.1) is 0 Å². The van der Waals surface area contributed by atoms with Crippen LogP contribution in [0.1, 0.15) is 121 Å². The first-order valence-electron chi connectivity index (χ1n) is 29.4. The average molecular weight is 1120 g/mol. The maximum absolute atomic E-state index is 14.7. The van der Waals surface area contributed by atoms with Crippen molar-refractivity contribution in [1.29, 1.82) is 0 Å². The van der Waals surface area contributed by atoms with Crippen molar-refractivity contribution < 1.29 is 28.8 Å². The number of unbranched alkanes of at least 4 members (excludes halogenated alkanes) is 11. The van der Waals surface area contributed by atoms with Crippen molar-refractivity contribution >= 4 is 81.4 Å². The van der Waals surface area contributed by atoms with Crippen LogP contribution in [0, 0.1) is 0 Å². The maximum atomic E-state index is 14.7. The van der Waals surface area contributed by atoms with Crippen molar-refractivity contribution in [2.75, 3.05) is 93.4 Å². The Balaban J connectivity index is 0.645. The molecule has 9 rings (SSSR count). The summed E-state index contributed by atoms with van der Waals surface area (Å²) in [5.74, 6) is -0.736. The molecule has 0 atom stereocenters. The van der Waals surface area contributed by atoms with Gasteiger partial charge in [0.05, 0.1) is 70.5 Å². The monoisotopic (exact) mass is 1120 g/mol. The molecule has 5 aromatic rings. The van der Waals surface area contributed by atoms with Crippen LogP contribution in [-0.2, 0) is 14.4 Å². The van der Waals surface area contributed by atoms with Crippen molar-refractivity contribution in [1.82, 2.24) is 40.2 Å². The van der Waals surface area contributed by atoms with Gasteiger partial charge in [0, 0.05) is 18.6 Å². The molecule has 4 aliphatic rings. The molecule has 3 aromatic carbocycles. The van der Waals surface area contributed by atoms with Gasteiger partial charge in [-0.3, -0.25) is 48.4 Å². The van der Waals surface area contributed by atoms with Crippen LogP contribution >= 0.6 is 0 Å². The molecule has 0 fully saturated rings. The number of amides is 6. The minimum Gasteiger partial charge on any atom is -0.319 e. The molecule has 6 amide bonds. The Morgan fingerprint density at radius 3 is 1.51 bits per heavy atom. The highest BCUT2D eigenvalue weighted by Crippen LogP contribution is 2.38. The van der Waals surface area contributed by atoms with Crippen LogP contribution < -0.4 is 31.1 Å². The first-order chi connectivity index (χ1) is 40.5. The summed E-state index contributed by atoms with van der Waals surface area (Å²) in [6.07, 6.45) is 23.8. The van der Waals surface area contributed by atoms with E-state index in [-0.39, 0.29) is 55.1 Å². The molecule has 0 unspecified atom stereocenters. The Hall–Kier alpha value is -8.23. The molecule has 0 spiro atoms. The third-order valence-corrected chi connectivity index (χ3v) is 15.4. The molecular formula is C64H77N13O6. The smallest absolute Gasteiger partial charge is 0.257 e. The van der Waals surface area contributed by atoms with Gasteiger partial charge in [-0.1, -0.05) is 87.8 Å². The van der Waals surface area contributed by atoms with E-state index in [9.17, 15) is 28.8 Å². The fraction of sp³-hybridized carbons (Fsp3) is 0.391. The second-order valence-electron chi connectivity index (χ2n) is 21.7. The lowest BCUT2D eigenvalue weighted by atomic mass is 10.1. The molecule has 19 heteroatoms. The molecule has 434 valence electrons. The summed E-state index contributed by atoms with van der Waals surface area (Å²) in [7, 11) is 4.42. The van der Waals surface area contributed by atoms with Gasteiger partial charge in [-0.2, -0.15) is 0 Å². The van der Waals surface area contributed by atoms with Crippen LogP contribution in [0.25, 0.3) is 0 Å². The molecule has 2 aromatic heterocycles. The summed E-state index contributed by atoms with van der Waals surface area (Å²) < 4.78 is 0. The number of fused-ring (bicyclic) bond motifs is 6. The van der Waals surface area contributed by atoms with Crippen LogP contribution in [0.5, 0.6) is 0 Å². The van der Waals surface area contributed by atoms with Crippen LogP contribution in [0.3, 0.4) is 0 Å². The number of hydrogen-bond acceptors (Lipinski definition) is 13. The topological polar surface area (TPSA) is 208 Å². The lowest BCUT2D eigenvalue weighted by Gasteiger charge is -2.29. The molecule has 4 N–H and O–H groups in total. The van der Waals surface area contributed by atoms with Crippen LogP contribution in [-0.4, -0.2) is 144 Å². The van der Waals surface area contributed by atoms with E-state index in [1.54, 1.807) is 122 Å². The third kappa shape index (κ3) is 15.7. The Morgan fingerprint density at radius 2 is 0.964 bits per heavy atom. The SMILES string of the molecule is CN(CCCCCCCCN(C)CCCCCCN(CC(=O)N1c2ccccc2C(=O)Nc2cccnc21)CC(=O)N1c2ccccc2C(=O)Nc2cccnc21)CCCCCCNCC(=O)N1C=CC=C2NC(=O)c3ccccc3N=C21. The molecule has 4 aliphatic heterocycles. The highest BCUT2D eigenvalue weighted by molar-refractivity contribution is 6.19. The molecule has 0 saturated heterocycles. The zero-order valence-corrected chi connectivity index (χ0v) is 47.9. The predicted molar refractivity (Wildman–Crippen MR) is 326 cm³/mol. The highest BCUT2D eigenvalue weighted by Gasteiger charge is 2.35. The number of anilines is 6.